The molecule has 1 saturated carbocycles. The molecule has 2 N–H and O–H groups in total. The van der Waals surface area contributed by atoms with Crippen molar-refractivity contribution in [2.45, 2.75) is 31.7 Å². The van der Waals surface area contributed by atoms with Crippen LogP contribution in [0.1, 0.15) is 37.3 Å². The Hall–Kier alpha value is -1.09. The van der Waals surface area contributed by atoms with Gasteiger partial charge in [-0.1, -0.05) is 19.3 Å². The molecule has 1 unspecified atom stereocenters. The van der Waals surface area contributed by atoms with Gasteiger partial charge in [-0.15, -0.1) is 0 Å². The molecule has 0 bridgehead atoms. The van der Waals surface area contributed by atoms with Crippen LogP contribution in [-0.4, -0.2) is 7.11 Å². The second kappa shape index (κ2) is 4.83. The lowest BCUT2D eigenvalue weighted by Gasteiger charge is -2.28. The zero-order valence-corrected chi connectivity index (χ0v) is 9.58. The zero-order valence-electron chi connectivity index (χ0n) is 9.58. The number of halogens is 1. The Kier molecular flexibility index (Phi) is 3.44. The van der Waals surface area contributed by atoms with Crippen molar-refractivity contribution in [1.82, 2.24) is 0 Å². The van der Waals surface area contributed by atoms with Crippen LogP contribution in [0.15, 0.2) is 18.2 Å². The van der Waals surface area contributed by atoms with Crippen molar-refractivity contribution in [2.24, 2.45) is 11.7 Å². The standard InChI is InChI=1S/C13H18FNO/c1-16-13-6-5-10(14)8-11(13)12(15)7-9-3-2-4-9/h5-6,8-9,12H,2-4,7,15H2,1H3. The minimum atomic E-state index is -0.250. The quantitative estimate of drug-likeness (QED) is 0.851. The third kappa shape index (κ3) is 2.35. The fourth-order valence-corrected chi connectivity index (χ4v) is 2.21. The molecule has 0 amide bonds. The Bertz CT molecular complexity index is 363. The second-order valence-corrected chi connectivity index (χ2v) is 4.53. The van der Waals surface area contributed by atoms with Gasteiger partial charge in [0.15, 0.2) is 0 Å². The predicted octanol–water partition coefficient (Wildman–Crippen LogP) is 3.02. The first-order valence-corrected chi connectivity index (χ1v) is 5.79. The van der Waals surface area contributed by atoms with Gasteiger partial charge in [0, 0.05) is 11.6 Å². The number of hydrogen-bond acceptors (Lipinski definition) is 2. The highest BCUT2D eigenvalue weighted by Gasteiger charge is 2.22. The fraction of sp³-hybridized carbons (Fsp3) is 0.538. The highest BCUT2D eigenvalue weighted by Crippen LogP contribution is 2.36. The lowest BCUT2D eigenvalue weighted by molar-refractivity contribution is 0.275. The van der Waals surface area contributed by atoms with Crippen molar-refractivity contribution < 1.29 is 9.13 Å². The van der Waals surface area contributed by atoms with E-state index in [-0.39, 0.29) is 11.9 Å². The van der Waals surface area contributed by atoms with Crippen LogP contribution in [0.25, 0.3) is 0 Å². The highest BCUT2D eigenvalue weighted by atomic mass is 19.1. The lowest BCUT2D eigenvalue weighted by atomic mass is 9.80. The monoisotopic (exact) mass is 223 g/mol. The minimum Gasteiger partial charge on any atom is -0.496 e. The first-order chi connectivity index (χ1) is 7.70. The van der Waals surface area contributed by atoms with E-state index in [2.05, 4.69) is 0 Å². The van der Waals surface area contributed by atoms with E-state index >= 15 is 0 Å². The van der Waals surface area contributed by atoms with E-state index in [4.69, 9.17) is 10.5 Å². The molecule has 1 fully saturated rings. The normalized spacial score (nSPS) is 17.9. The first kappa shape index (κ1) is 11.4. The molecule has 3 heteroatoms. The number of nitrogens with two attached hydrogens (primary N) is 1. The minimum absolute atomic E-state index is 0.115. The summed E-state index contributed by atoms with van der Waals surface area (Å²) in [7, 11) is 1.59. The Balaban J connectivity index is 2.13. The average Bonchev–Trinajstić information content (AvgIpc) is 2.23. The molecule has 88 valence electrons. The summed E-state index contributed by atoms with van der Waals surface area (Å²) in [5.41, 5.74) is 6.89. The van der Waals surface area contributed by atoms with E-state index in [0.717, 1.165) is 12.0 Å². The van der Waals surface area contributed by atoms with Gasteiger partial charge in [-0.2, -0.15) is 0 Å². The van der Waals surface area contributed by atoms with Gasteiger partial charge in [-0.25, -0.2) is 4.39 Å². The van der Waals surface area contributed by atoms with Crippen LogP contribution < -0.4 is 10.5 Å². The van der Waals surface area contributed by atoms with Crippen LogP contribution >= 0.6 is 0 Å². The zero-order chi connectivity index (χ0) is 11.5. The maximum absolute atomic E-state index is 13.2. The van der Waals surface area contributed by atoms with Crippen LogP contribution in [-0.2, 0) is 0 Å². The van der Waals surface area contributed by atoms with E-state index in [0.29, 0.717) is 11.7 Å². The molecular formula is C13H18FNO. The van der Waals surface area contributed by atoms with Crippen LogP contribution in [0, 0.1) is 11.7 Å². The summed E-state index contributed by atoms with van der Waals surface area (Å²) < 4.78 is 18.4. The first-order valence-electron chi connectivity index (χ1n) is 5.79. The molecule has 1 aliphatic carbocycles. The largest absolute Gasteiger partial charge is 0.496 e. The molecule has 2 nitrogen and oxygen atoms in total. The third-order valence-electron chi connectivity index (χ3n) is 3.40. The van der Waals surface area contributed by atoms with Crippen molar-refractivity contribution in [1.29, 1.82) is 0 Å². The van der Waals surface area contributed by atoms with Gasteiger partial charge >= 0.3 is 0 Å². The number of rotatable bonds is 4. The maximum Gasteiger partial charge on any atom is 0.123 e. The van der Waals surface area contributed by atoms with Gasteiger partial charge in [0.2, 0.25) is 0 Å². The van der Waals surface area contributed by atoms with E-state index < -0.39 is 0 Å². The molecule has 1 aromatic carbocycles. The Morgan fingerprint density at radius 3 is 2.81 bits per heavy atom. The number of methoxy groups -OCH3 is 1. The van der Waals surface area contributed by atoms with E-state index in [1.165, 1.54) is 31.4 Å². The summed E-state index contributed by atoms with van der Waals surface area (Å²) in [6.45, 7) is 0. The molecule has 0 aliphatic heterocycles. The number of ether oxygens (including phenoxy) is 1. The molecule has 0 aromatic heterocycles. The van der Waals surface area contributed by atoms with Gasteiger partial charge in [-0.3, -0.25) is 0 Å². The van der Waals surface area contributed by atoms with Crippen molar-refractivity contribution in [3.05, 3.63) is 29.6 Å². The van der Waals surface area contributed by atoms with Gasteiger partial charge in [0.05, 0.1) is 7.11 Å². The van der Waals surface area contributed by atoms with Crippen LogP contribution in [0.2, 0.25) is 0 Å². The van der Waals surface area contributed by atoms with Gasteiger partial charge in [0.1, 0.15) is 11.6 Å². The molecular weight excluding hydrogens is 205 g/mol. The smallest absolute Gasteiger partial charge is 0.123 e. The topological polar surface area (TPSA) is 35.2 Å². The summed E-state index contributed by atoms with van der Waals surface area (Å²) in [5, 5.41) is 0. The summed E-state index contributed by atoms with van der Waals surface area (Å²) in [6, 6.07) is 4.42. The molecule has 1 atom stereocenters. The number of hydrogen-bond donors (Lipinski definition) is 1. The Labute approximate surface area is 95.6 Å². The molecule has 2 rings (SSSR count). The predicted molar refractivity (Wildman–Crippen MR) is 61.8 cm³/mol. The van der Waals surface area contributed by atoms with Crippen molar-refractivity contribution in [3.63, 3.8) is 0 Å². The Morgan fingerprint density at radius 2 is 2.25 bits per heavy atom. The van der Waals surface area contributed by atoms with Crippen molar-refractivity contribution in [3.8, 4) is 5.75 Å². The molecule has 16 heavy (non-hydrogen) atoms. The van der Waals surface area contributed by atoms with Crippen LogP contribution in [0.5, 0.6) is 5.75 Å². The Morgan fingerprint density at radius 1 is 1.50 bits per heavy atom. The summed E-state index contributed by atoms with van der Waals surface area (Å²) in [5.74, 6) is 1.15. The summed E-state index contributed by atoms with van der Waals surface area (Å²) in [6.07, 6.45) is 4.74. The third-order valence-corrected chi connectivity index (χ3v) is 3.40. The number of benzene rings is 1. The van der Waals surface area contributed by atoms with E-state index in [1.807, 2.05) is 0 Å². The van der Waals surface area contributed by atoms with Crippen LogP contribution in [0.4, 0.5) is 4.39 Å². The molecule has 1 aromatic rings. The second-order valence-electron chi connectivity index (χ2n) is 4.53. The maximum atomic E-state index is 13.2. The molecule has 0 spiro atoms. The van der Waals surface area contributed by atoms with Crippen LogP contribution in [0.3, 0.4) is 0 Å². The fourth-order valence-electron chi connectivity index (χ4n) is 2.21. The average molecular weight is 223 g/mol. The highest BCUT2D eigenvalue weighted by molar-refractivity contribution is 5.36. The van der Waals surface area contributed by atoms with Gasteiger partial charge < -0.3 is 10.5 Å². The van der Waals surface area contributed by atoms with Crippen molar-refractivity contribution >= 4 is 0 Å². The molecule has 0 radical (unpaired) electrons. The lowest BCUT2D eigenvalue weighted by Crippen LogP contribution is -2.20. The SMILES string of the molecule is COc1ccc(F)cc1C(N)CC1CCC1. The van der Waals surface area contributed by atoms with Gasteiger partial charge in [0.25, 0.3) is 0 Å². The molecule has 1 aliphatic rings. The van der Waals surface area contributed by atoms with E-state index in [9.17, 15) is 4.39 Å². The van der Waals surface area contributed by atoms with Gasteiger partial charge in [-0.05, 0) is 30.5 Å². The molecule has 0 saturated heterocycles. The molecule has 0 heterocycles. The van der Waals surface area contributed by atoms with Crippen molar-refractivity contribution in [2.75, 3.05) is 7.11 Å². The van der Waals surface area contributed by atoms with E-state index in [1.54, 1.807) is 13.2 Å². The summed E-state index contributed by atoms with van der Waals surface area (Å²) >= 11 is 0. The summed E-state index contributed by atoms with van der Waals surface area (Å²) in [4.78, 5) is 0.